The molecular weight excluding hydrogens is 222 g/mol. The molecule has 2 nitrogen and oxygen atoms in total. The standard InChI is InChI=1S/C13H14ClNO/c1-8-5-10(6-9(8)2)13(16)11-7-15-4-3-12(11)14/h3-5,7,13,16H,6H2,1-2H3. The monoisotopic (exact) mass is 235 g/mol. The van der Waals surface area contributed by atoms with Crippen LogP contribution in [0.2, 0.25) is 5.02 Å². The van der Waals surface area contributed by atoms with Crippen LogP contribution < -0.4 is 0 Å². The molecule has 0 spiro atoms. The molecule has 1 heterocycles. The van der Waals surface area contributed by atoms with E-state index in [1.165, 1.54) is 11.1 Å². The van der Waals surface area contributed by atoms with E-state index in [0.29, 0.717) is 10.6 Å². The molecule has 1 aliphatic carbocycles. The van der Waals surface area contributed by atoms with E-state index in [4.69, 9.17) is 11.6 Å². The van der Waals surface area contributed by atoms with Gasteiger partial charge >= 0.3 is 0 Å². The molecule has 1 aromatic heterocycles. The maximum Gasteiger partial charge on any atom is 0.104 e. The van der Waals surface area contributed by atoms with Crippen LogP contribution in [-0.2, 0) is 0 Å². The molecule has 2 rings (SSSR count). The summed E-state index contributed by atoms with van der Waals surface area (Å²) < 4.78 is 0. The molecule has 0 radical (unpaired) electrons. The van der Waals surface area contributed by atoms with Crippen molar-refractivity contribution < 1.29 is 5.11 Å². The van der Waals surface area contributed by atoms with Gasteiger partial charge in [-0.2, -0.15) is 0 Å². The summed E-state index contributed by atoms with van der Waals surface area (Å²) >= 11 is 6.03. The summed E-state index contributed by atoms with van der Waals surface area (Å²) in [5, 5.41) is 10.8. The highest BCUT2D eigenvalue weighted by atomic mass is 35.5. The molecule has 1 N–H and O–H groups in total. The van der Waals surface area contributed by atoms with Gasteiger partial charge in [0.1, 0.15) is 6.10 Å². The first-order chi connectivity index (χ1) is 7.59. The molecule has 3 heteroatoms. The van der Waals surface area contributed by atoms with Crippen molar-refractivity contribution in [1.29, 1.82) is 0 Å². The normalized spacial score (nSPS) is 17.6. The van der Waals surface area contributed by atoms with Crippen LogP contribution in [-0.4, -0.2) is 10.1 Å². The van der Waals surface area contributed by atoms with Crippen LogP contribution in [0.3, 0.4) is 0 Å². The molecule has 1 unspecified atom stereocenters. The maximum absolute atomic E-state index is 10.2. The Balaban J connectivity index is 2.26. The lowest BCUT2D eigenvalue weighted by atomic mass is 10.0. The quantitative estimate of drug-likeness (QED) is 0.852. The van der Waals surface area contributed by atoms with Crippen LogP contribution in [0.4, 0.5) is 0 Å². The van der Waals surface area contributed by atoms with Crippen LogP contribution in [0, 0.1) is 0 Å². The van der Waals surface area contributed by atoms with Crippen molar-refractivity contribution >= 4 is 11.6 Å². The molecule has 1 aromatic rings. The van der Waals surface area contributed by atoms with Gasteiger partial charge in [-0.3, -0.25) is 4.98 Å². The Morgan fingerprint density at radius 2 is 2.19 bits per heavy atom. The fourth-order valence-corrected chi connectivity index (χ4v) is 2.07. The zero-order valence-electron chi connectivity index (χ0n) is 9.37. The molecule has 0 aromatic carbocycles. The van der Waals surface area contributed by atoms with Crippen molar-refractivity contribution in [3.05, 3.63) is 51.8 Å². The Hall–Kier alpha value is -1.12. The number of nitrogens with zero attached hydrogens (tertiary/aromatic N) is 1. The van der Waals surface area contributed by atoms with Gasteiger partial charge in [-0.1, -0.05) is 28.8 Å². The molecule has 0 saturated heterocycles. The van der Waals surface area contributed by atoms with Gasteiger partial charge in [0.2, 0.25) is 0 Å². The fraction of sp³-hybridized carbons (Fsp3) is 0.308. The summed E-state index contributed by atoms with van der Waals surface area (Å²) in [6.45, 7) is 4.14. The van der Waals surface area contributed by atoms with Crippen LogP contribution >= 0.6 is 11.6 Å². The lowest BCUT2D eigenvalue weighted by molar-refractivity contribution is 0.213. The third-order valence-electron chi connectivity index (χ3n) is 2.99. The summed E-state index contributed by atoms with van der Waals surface area (Å²) in [5.74, 6) is 0. The first-order valence-corrected chi connectivity index (χ1v) is 5.61. The summed E-state index contributed by atoms with van der Waals surface area (Å²) in [4.78, 5) is 3.99. The van der Waals surface area contributed by atoms with Crippen molar-refractivity contribution in [2.24, 2.45) is 0 Å². The SMILES string of the molecule is CC1=C(C)CC(C(O)c2cnccc2Cl)=C1. The average Bonchev–Trinajstić information content (AvgIpc) is 2.59. The van der Waals surface area contributed by atoms with E-state index < -0.39 is 6.10 Å². The smallest absolute Gasteiger partial charge is 0.104 e. The molecule has 1 aliphatic rings. The molecule has 1 atom stereocenters. The van der Waals surface area contributed by atoms with Gasteiger partial charge in [0.15, 0.2) is 0 Å². The number of pyridine rings is 1. The Labute approximate surface area is 100 Å². The Kier molecular flexibility index (Phi) is 3.13. The van der Waals surface area contributed by atoms with E-state index in [1.807, 2.05) is 6.08 Å². The van der Waals surface area contributed by atoms with Crippen LogP contribution in [0.1, 0.15) is 31.9 Å². The number of halogens is 1. The first-order valence-electron chi connectivity index (χ1n) is 5.24. The van der Waals surface area contributed by atoms with Gasteiger partial charge in [0.25, 0.3) is 0 Å². The van der Waals surface area contributed by atoms with Gasteiger partial charge in [-0.05, 0) is 31.9 Å². The predicted molar refractivity (Wildman–Crippen MR) is 65.3 cm³/mol. The summed E-state index contributed by atoms with van der Waals surface area (Å²) in [7, 11) is 0. The third kappa shape index (κ3) is 2.04. The fourth-order valence-electron chi connectivity index (χ4n) is 1.86. The minimum Gasteiger partial charge on any atom is -0.384 e. The minimum atomic E-state index is -0.645. The van der Waals surface area contributed by atoms with Crippen molar-refractivity contribution in [3.8, 4) is 0 Å². The molecular formula is C13H14ClNO. The molecule has 84 valence electrons. The highest BCUT2D eigenvalue weighted by molar-refractivity contribution is 6.31. The Morgan fingerprint density at radius 1 is 1.44 bits per heavy atom. The number of rotatable bonds is 2. The molecule has 0 amide bonds. The zero-order valence-corrected chi connectivity index (χ0v) is 10.1. The minimum absolute atomic E-state index is 0.561. The molecule has 0 aliphatic heterocycles. The van der Waals surface area contributed by atoms with Crippen molar-refractivity contribution in [1.82, 2.24) is 4.98 Å². The van der Waals surface area contributed by atoms with E-state index in [2.05, 4.69) is 18.8 Å². The van der Waals surface area contributed by atoms with E-state index in [-0.39, 0.29) is 0 Å². The van der Waals surface area contributed by atoms with E-state index in [9.17, 15) is 5.11 Å². The molecule has 0 fully saturated rings. The summed E-state index contributed by atoms with van der Waals surface area (Å²) in [6, 6.07) is 1.70. The van der Waals surface area contributed by atoms with Crippen LogP contribution in [0.5, 0.6) is 0 Å². The summed E-state index contributed by atoms with van der Waals surface area (Å²) in [6.07, 6.45) is 5.45. The molecule has 16 heavy (non-hydrogen) atoms. The van der Waals surface area contributed by atoms with Crippen molar-refractivity contribution in [2.75, 3.05) is 0 Å². The van der Waals surface area contributed by atoms with E-state index >= 15 is 0 Å². The lowest BCUT2D eigenvalue weighted by Gasteiger charge is -2.13. The van der Waals surface area contributed by atoms with E-state index in [1.54, 1.807) is 18.5 Å². The van der Waals surface area contributed by atoms with Gasteiger partial charge in [-0.25, -0.2) is 0 Å². The second kappa shape index (κ2) is 4.40. The van der Waals surface area contributed by atoms with E-state index in [0.717, 1.165) is 12.0 Å². The number of aromatic nitrogens is 1. The predicted octanol–water partition coefficient (Wildman–Crippen LogP) is 3.43. The highest BCUT2D eigenvalue weighted by Crippen LogP contribution is 2.35. The Morgan fingerprint density at radius 3 is 2.75 bits per heavy atom. The second-order valence-corrected chi connectivity index (χ2v) is 4.57. The van der Waals surface area contributed by atoms with Crippen LogP contribution in [0.25, 0.3) is 0 Å². The van der Waals surface area contributed by atoms with Gasteiger partial charge in [0.05, 0.1) is 0 Å². The van der Waals surface area contributed by atoms with Crippen LogP contribution in [0.15, 0.2) is 41.3 Å². The van der Waals surface area contributed by atoms with Crippen molar-refractivity contribution in [2.45, 2.75) is 26.4 Å². The zero-order chi connectivity index (χ0) is 11.7. The lowest BCUT2D eigenvalue weighted by Crippen LogP contribution is -2.01. The highest BCUT2D eigenvalue weighted by Gasteiger charge is 2.20. The van der Waals surface area contributed by atoms with Crippen molar-refractivity contribution in [3.63, 3.8) is 0 Å². The number of aliphatic hydroxyl groups is 1. The molecule has 0 saturated carbocycles. The van der Waals surface area contributed by atoms with Gasteiger partial charge in [-0.15, -0.1) is 0 Å². The maximum atomic E-state index is 10.2. The largest absolute Gasteiger partial charge is 0.384 e. The van der Waals surface area contributed by atoms with Gasteiger partial charge < -0.3 is 5.11 Å². The number of hydrogen-bond donors (Lipinski definition) is 1. The summed E-state index contributed by atoms with van der Waals surface area (Å²) in [5.41, 5.74) is 4.20. The number of hydrogen-bond acceptors (Lipinski definition) is 2. The topological polar surface area (TPSA) is 33.1 Å². The Bertz CT molecular complexity index is 477. The number of aliphatic hydroxyl groups excluding tert-OH is 1. The average molecular weight is 236 g/mol. The third-order valence-corrected chi connectivity index (χ3v) is 3.33. The molecule has 0 bridgehead atoms. The first kappa shape index (κ1) is 11.4. The van der Waals surface area contributed by atoms with Gasteiger partial charge in [0, 0.05) is 23.0 Å². The second-order valence-electron chi connectivity index (χ2n) is 4.16. The number of allylic oxidation sites excluding steroid dienone is 3.